The summed E-state index contributed by atoms with van der Waals surface area (Å²) >= 11 is 0. The quantitative estimate of drug-likeness (QED) is 0.766. The van der Waals surface area contributed by atoms with E-state index in [0.29, 0.717) is 18.8 Å². The molecule has 0 saturated heterocycles. The summed E-state index contributed by atoms with van der Waals surface area (Å²) in [5, 5.41) is 12.3. The number of carboxylic acid groups (broad SMARTS) is 1. The lowest BCUT2D eigenvalue weighted by Gasteiger charge is -2.25. The van der Waals surface area contributed by atoms with Gasteiger partial charge in [-0.3, -0.25) is 9.59 Å². The number of carboxylic acids is 1. The van der Waals surface area contributed by atoms with Gasteiger partial charge >= 0.3 is 5.97 Å². The van der Waals surface area contributed by atoms with Gasteiger partial charge in [-0.15, -0.1) is 0 Å². The van der Waals surface area contributed by atoms with Gasteiger partial charge in [0.25, 0.3) is 0 Å². The number of aliphatic carboxylic acids is 1. The lowest BCUT2D eigenvalue weighted by molar-refractivity contribution is -0.151. The Hall–Kier alpha value is -1.06. The van der Waals surface area contributed by atoms with E-state index in [4.69, 9.17) is 0 Å². The molecule has 2 atom stereocenters. The second kappa shape index (κ2) is 6.21. The molecular formula is C14H25NO3. The number of nitrogens with one attached hydrogen (secondary N) is 1. The second-order valence-corrected chi connectivity index (χ2v) is 5.71. The van der Waals surface area contributed by atoms with Gasteiger partial charge in [0.1, 0.15) is 0 Å². The van der Waals surface area contributed by atoms with Crippen molar-refractivity contribution < 1.29 is 14.7 Å². The number of carbonyl (C=O) groups excluding carboxylic acids is 1. The van der Waals surface area contributed by atoms with Crippen LogP contribution in [0.2, 0.25) is 0 Å². The molecule has 104 valence electrons. The van der Waals surface area contributed by atoms with E-state index in [1.807, 2.05) is 6.92 Å². The predicted octanol–water partition coefficient (Wildman–Crippen LogP) is 2.57. The van der Waals surface area contributed by atoms with Crippen molar-refractivity contribution in [3.63, 3.8) is 0 Å². The van der Waals surface area contributed by atoms with Crippen molar-refractivity contribution in [3.05, 3.63) is 0 Å². The van der Waals surface area contributed by atoms with Crippen molar-refractivity contribution in [1.82, 2.24) is 5.32 Å². The van der Waals surface area contributed by atoms with Crippen molar-refractivity contribution in [2.45, 2.75) is 65.3 Å². The average Bonchev–Trinajstić information content (AvgIpc) is 2.77. The van der Waals surface area contributed by atoms with Crippen LogP contribution in [0.25, 0.3) is 0 Å². The first-order chi connectivity index (χ1) is 8.41. The van der Waals surface area contributed by atoms with E-state index >= 15 is 0 Å². The number of amides is 1. The molecule has 1 amide bonds. The molecule has 0 aromatic rings. The summed E-state index contributed by atoms with van der Waals surface area (Å²) < 4.78 is 0. The summed E-state index contributed by atoms with van der Waals surface area (Å²) in [7, 11) is 0. The lowest BCUT2D eigenvalue weighted by atomic mass is 9.82. The molecule has 0 aliphatic heterocycles. The van der Waals surface area contributed by atoms with Crippen molar-refractivity contribution in [2.75, 3.05) is 0 Å². The molecule has 2 N–H and O–H groups in total. The van der Waals surface area contributed by atoms with Crippen molar-refractivity contribution >= 4 is 11.9 Å². The predicted molar refractivity (Wildman–Crippen MR) is 70.2 cm³/mol. The minimum atomic E-state index is -0.814. The smallest absolute Gasteiger partial charge is 0.310 e. The Bertz CT molecular complexity index is 308. The summed E-state index contributed by atoms with van der Waals surface area (Å²) in [4.78, 5) is 23.3. The zero-order chi connectivity index (χ0) is 13.8. The van der Waals surface area contributed by atoms with Crippen LogP contribution in [0.5, 0.6) is 0 Å². The second-order valence-electron chi connectivity index (χ2n) is 5.71. The van der Waals surface area contributed by atoms with E-state index in [0.717, 1.165) is 19.3 Å². The lowest BCUT2D eigenvalue weighted by Crippen LogP contribution is -2.41. The average molecular weight is 255 g/mol. The molecular weight excluding hydrogens is 230 g/mol. The third-order valence-electron chi connectivity index (χ3n) is 4.40. The van der Waals surface area contributed by atoms with Crippen molar-refractivity contribution in [2.24, 2.45) is 11.3 Å². The summed E-state index contributed by atoms with van der Waals surface area (Å²) in [5.41, 5.74) is -0.806. The molecule has 4 nitrogen and oxygen atoms in total. The Balaban J connectivity index is 2.55. The van der Waals surface area contributed by atoms with Gasteiger partial charge in [0.05, 0.1) is 5.41 Å². The number of hydrogen-bond donors (Lipinski definition) is 2. The Labute approximate surface area is 109 Å². The molecule has 2 unspecified atom stereocenters. The summed E-state index contributed by atoms with van der Waals surface area (Å²) in [5.74, 6) is -0.517. The Morgan fingerprint density at radius 2 is 1.83 bits per heavy atom. The normalized spacial score (nSPS) is 21.3. The third kappa shape index (κ3) is 3.47. The fourth-order valence-corrected chi connectivity index (χ4v) is 2.63. The highest BCUT2D eigenvalue weighted by atomic mass is 16.4. The molecule has 0 radical (unpaired) electrons. The molecule has 4 heteroatoms. The molecule has 0 aromatic heterocycles. The summed E-state index contributed by atoms with van der Waals surface area (Å²) in [6.07, 6.45) is 4.23. The standard InChI is InChI=1S/C14H25NO3/c1-4-10(2)11(3)15-12(16)9-14(13(17)18)7-5-6-8-14/h10-11H,4-9H2,1-3H3,(H,15,16)(H,17,18). The van der Waals surface area contributed by atoms with Gasteiger partial charge in [-0.25, -0.2) is 0 Å². The molecule has 0 spiro atoms. The topological polar surface area (TPSA) is 66.4 Å². The maximum atomic E-state index is 12.0. The highest BCUT2D eigenvalue weighted by molar-refractivity contribution is 5.85. The molecule has 0 heterocycles. The number of hydrogen-bond acceptors (Lipinski definition) is 2. The van der Waals surface area contributed by atoms with Crippen LogP contribution < -0.4 is 5.32 Å². The van der Waals surface area contributed by atoms with Gasteiger partial charge in [-0.05, 0) is 25.7 Å². The van der Waals surface area contributed by atoms with E-state index in [-0.39, 0.29) is 18.4 Å². The molecule has 0 bridgehead atoms. The fourth-order valence-electron chi connectivity index (χ4n) is 2.63. The first-order valence-corrected chi connectivity index (χ1v) is 6.94. The maximum absolute atomic E-state index is 12.0. The fraction of sp³-hybridized carbons (Fsp3) is 0.857. The van der Waals surface area contributed by atoms with Gasteiger partial charge in [0.15, 0.2) is 0 Å². The van der Waals surface area contributed by atoms with Crippen molar-refractivity contribution in [3.8, 4) is 0 Å². The Morgan fingerprint density at radius 3 is 2.28 bits per heavy atom. The van der Waals surface area contributed by atoms with Gasteiger partial charge in [-0.2, -0.15) is 0 Å². The van der Waals surface area contributed by atoms with Crippen molar-refractivity contribution in [1.29, 1.82) is 0 Å². The van der Waals surface area contributed by atoms with Crippen LogP contribution in [0.15, 0.2) is 0 Å². The van der Waals surface area contributed by atoms with Crippen LogP contribution >= 0.6 is 0 Å². The molecule has 0 aromatic carbocycles. The van der Waals surface area contributed by atoms with E-state index < -0.39 is 11.4 Å². The zero-order valence-electron chi connectivity index (χ0n) is 11.7. The molecule has 1 rings (SSSR count). The highest BCUT2D eigenvalue weighted by Gasteiger charge is 2.43. The van der Waals surface area contributed by atoms with E-state index in [1.54, 1.807) is 0 Å². The van der Waals surface area contributed by atoms with Gasteiger partial charge in [0.2, 0.25) is 5.91 Å². The summed E-state index contributed by atoms with van der Waals surface area (Å²) in [6.45, 7) is 6.16. The minimum absolute atomic E-state index is 0.106. The SMILES string of the molecule is CCC(C)C(C)NC(=O)CC1(C(=O)O)CCCC1. The highest BCUT2D eigenvalue weighted by Crippen LogP contribution is 2.41. The van der Waals surface area contributed by atoms with Crippen LogP contribution in [-0.4, -0.2) is 23.0 Å². The monoisotopic (exact) mass is 255 g/mol. The first-order valence-electron chi connectivity index (χ1n) is 6.94. The molecule has 1 saturated carbocycles. The van der Waals surface area contributed by atoms with E-state index in [9.17, 15) is 14.7 Å². The first kappa shape index (κ1) is 15.0. The summed E-state index contributed by atoms with van der Waals surface area (Å²) in [6, 6.07) is 0.106. The zero-order valence-corrected chi connectivity index (χ0v) is 11.7. The largest absolute Gasteiger partial charge is 0.481 e. The van der Waals surface area contributed by atoms with Gasteiger partial charge in [-0.1, -0.05) is 33.1 Å². The van der Waals surface area contributed by atoms with Crippen LogP contribution in [0.4, 0.5) is 0 Å². The maximum Gasteiger partial charge on any atom is 0.310 e. The Morgan fingerprint density at radius 1 is 1.28 bits per heavy atom. The number of carbonyl (C=O) groups is 2. The van der Waals surface area contributed by atoms with Crippen LogP contribution in [0.1, 0.15) is 59.3 Å². The Kier molecular flexibility index (Phi) is 5.17. The molecule has 1 aliphatic rings. The molecule has 18 heavy (non-hydrogen) atoms. The number of rotatable bonds is 6. The van der Waals surface area contributed by atoms with Crippen LogP contribution in [0, 0.1) is 11.3 Å². The minimum Gasteiger partial charge on any atom is -0.481 e. The third-order valence-corrected chi connectivity index (χ3v) is 4.40. The van der Waals surface area contributed by atoms with Gasteiger partial charge in [0, 0.05) is 12.5 Å². The van der Waals surface area contributed by atoms with E-state index in [2.05, 4.69) is 19.2 Å². The molecule has 1 aliphatic carbocycles. The van der Waals surface area contributed by atoms with Crippen LogP contribution in [-0.2, 0) is 9.59 Å². The molecule has 1 fully saturated rings. The van der Waals surface area contributed by atoms with Gasteiger partial charge < -0.3 is 10.4 Å². The van der Waals surface area contributed by atoms with Crippen LogP contribution in [0.3, 0.4) is 0 Å². The van der Waals surface area contributed by atoms with E-state index in [1.165, 1.54) is 0 Å².